The molecule has 1 heterocycles. The minimum absolute atomic E-state index is 0.0179. The Hall–Kier alpha value is -2.08. The first-order valence-electron chi connectivity index (χ1n) is 11.1. The highest BCUT2D eigenvalue weighted by molar-refractivity contribution is 5.94. The fraction of sp³-hybridized carbons (Fsp3) is 0.652. The molecular formula is C23H39N5O. The third-order valence-electron chi connectivity index (χ3n) is 5.72. The number of amides is 1. The van der Waals surface area contributed by atoms with E-state index in [1.165, 1.54) is 25.8 Å². The fourth-order valence-corrected chi connectivity index (χ4v) is 3.62. The molecule has 29 heavy (non-hydrogen) atoms. The molecule has 0 aromatic heterocycles. The lowest BCUT2D eigenvalue weighted by Gasteiger charge is -2.33. The van der Waals surface area contributed by atoms with Crippen molar-refractivity contribution < 1.29 is 4.79 Å². The van der Waals surface area contributed by atoms with Gasteiger partial charge in [0.2, 0.25) is 0 Å². The molecule has 2 rings (SSSR count). The van der Waals surface area contributed by atoms with Crippen molar-refractivity contribution in [3.05, 3.63) is 35.4 Å². The number of carbonyl (C=O) groups is 1. The molecule has 162 valence electrons. The molecule has 1 aromatic rings. The Morgan fingerprint density at radius 1 is 1.31 bits per heavy atom. The zero-order valence-corrected chi connectivity index (χ0v) is 18.6. The number of likely N-dealkylation sites (tertiary alicyclic amines) is 1. The van der Waals surface area contributed by atoms with Crippen LogP contribution >= 0.6 is 0 Å². The van der Waals surface area contributed by atoms with Gasteiger partial charge >= 0.3 is 0 Å². The van der Waals surface area contributed by atoms with Gasteiger partial charge in [0.05, 0.1) is 0 Å². The van der Waals surface area contributed by atoms with Crippen LogP contribution in [0.15, 0.2) is 29.3 Å². The number of carbonyl (C=O) groups excluding carboxylic acids is 1. The predicted octanol–water partition coefficient (Wildman–Crippen LogP) is 3.14. The van der Waals surface area contributed by atoms with Crippen molar-refractivity contribution in [2.75, 3.05) is 26.7 Å². The first-order valence-corrected chi connectivity index (χ1v) is 11.1. The van der Waals surface area contributed by atoms with Crippen LogP contribution in [-0.4, -0.2) is 55.5 Å². The summed E-state index contributed by atoms with van der Waals surface area (Å²) in [4.78, 5) is 19.2. The lowest BCUT2D eigenvalue weighted by molar-refractivity contribution is 0.0939. The summed E-state index contributed by atoms with van der Waals surface area (Å²) in [5.41, 5.74) is 1.76. The summed E-state index contributed by atoms with van der Waals surface area (Å²) >= 11 is 0. The minimum atomic E-state index is -0.0179. The average Bonchev–Trinajstić information content (AvgIpc) is 2.74. The van der Waals surface area contributed by atoms with Crippen molar-refractivity contribution in [1.29, 1.82) is 0 Å². The molecule has 1 aliphatic rings. The van der Waals surface area contributed by atoms with Crippen molar-refractivity contribution in [2.24, 2.45) is 4.99 Å². The SMILES string of the molecule is CCC(C)NC(=O)c1cccc(CNC(=NC)NCCCN2CCCCC2C)c1. The third-order valence-corrected chi connectivity index (χ3v) is 5.72. The molecule has 6 nitrogen and oxygen atoms in total. The number of hydrogen-bond donors (Lipinski definition) is 3. The van der Waals surface area contributed by atoms with Gasteiger partial charge in [-0.05, 0) is 63.8 Å². The van der Waals surface area contributed by atoms with Gasteiger partial charge in [0.15, 0.2) is 5.96 Å². The molecule has 0 aliphatic carbocycles. The second-order valence-corrected chi connectivity index (χ2v) is 8.07. The van der Waals surface area contributed by atoms with Gasteiger partial charge in [0, 0.05) is 44.3 Å². The molecule has 1 fully saturated rings. The van der Waals surface area contributed by atoms with Crippen molar-refractivity contribution in [2.45, 2.75) is 71.5 Å². The molecule has 1 amide bonds. The van der Waals surface area contributed by atoms with E-state index >= 15 is 0 Å². The van der Waals surface area contributed by atoms with Gasteiger partial charge in [0.1, 0.15) is 0 Å². The van der Waals surface area contributed by atoms with Gasteiger partial charge in [-0.15, -0.1) is 0 Å². The minimum Gasteiger partial charge on any atom is -0.356 e. The zero-order valence-electron chi connectivity index (χ0n) is 18.6. The monoisotopic (exact) mass is 401 g/mol. The van der Waals surface area contributed by atoms with Crippen molar-refractivity contribution in [3.63, 3.8) is 0 Å². The summed E-state index contributed by atoms with van der Waals surface area (Å²) in [7, 11) is 1.79. The Morgan fingerprint density at radius 2 is 2.14 bits per heavy atom. The van der Waals surface area contributed by atoms with Crippen molar-refractivity contribution in [3.8, 4) is 0 Å². The number of guanidine groups is 1. The van der Waals surface area contributed by atoms with Crippen LogP contribution in [0.5, 0.6) is 0 Å². The van der Waals surface area contributed by atoms with Crippen LogP contribution in [-0.2, 0) is 6.54 Å². The Balaban J connectivity index is 1.74. The molecule has 1 saturated heterocycles. The number of nitrogens with one attached hydrogen (secondary N) is 3. The third kappa shape index (κ3) is 8.05. The van der Waals surface area contributed by atoms with Crippen LogP contribution in [0.2, 0.25) is 0 Å². The molecule has 3 N–H and O–H groups in total. The smallest absolute Gasteiger partial charge is 0.251 e. The van der Waals surface area contributed by atoms with Gasteiger partial charge < -0.3 is 20.9 Å². The Morgan fingerprint density at radius 3 is 2.86 bits per heavy atom. The quantitative estimate of drug-likeness (QED) is 0.338. The van der Waals surface area contributed by atoms with E-state index < -0.39 is 0 Å². The summed E-state index contributed by atoms with van der Waals surface area (Å²) in [6.45, 7) is 10.3. The summed E-state index contributed by atoms with van der Waals surface area (Å²) in [5.74, 6) is 0.779. The standard InChI is InChI=1S/C23H39N5O/c1-5-18(2)27-22(29)21-12-8-11-20(16-21)17-26-23(24-4)25-13-9-15-28-14-7-6-10-19(28)3/h8,11-12,16,18-19H,5-7,9-10,13-15,17H2,1-4H3,(H,27,29)(H2,24,25,26). The van der Waals surface area contributed by atoms with Crippen LogP contribution in [0.1, 0.15) is 68.8 Å². The van der Waals surface area contributed by atoms with Crippen LogP contribution in [0.4, 0.5) is 0 Å². The zero-order chi connectivity index (χ0) is 21.1. The fourth-order valence-electron chi connectivity index (χ4n) is 3.62. The molecule has 2 atom stereocenters. The Labute approximate surface area is 176 Å². The molecule has 2 unspecified atom stereocenters. The van der Waals surface area contributed by atoms with E-state index in [1.807, 2.05) is 31.2 Å². The normalized spacial score (nSPS) is 18.9. The van der Waals surface area contributed by atoms with E-state index in [0.717, 1.165) is 37.5 Å². The lowest BCUT2D eigenvalue weighted by Crippen LogP contribution is -2.41. The van der Waals surface area contributed by atoms with Crippen LogP contribution < -0.4 is 16.0 Å². The van der Waals surface area contributed by atoms with E-state index in [2.05, 4.69) is 39.7 Å². The van der Waals surface area contributed by atoms with Crippen LogP contribution in [0.25, 0.3) is 0 Å². The van der Waals surface area contributed by atoms with Gasteiger partial charge in [-0.25, -0.2) is 0 Å². The van der Waals surface area contributed by atoms with Gasteiger partial charge in [0.25, 0.3) is 5.91 Å². The predicted molar refractivity (Wildman–Crippen MR) is 121 cm³/mol. The summed E-state index contributed by atoms with van der Waals surface area (Å²) in [6.07, 6.45) is 6.05. The molecule has 0 spiro atoms. The van der Waals surface area contributed by atoms with Gasteiger partial charge in [-0.3, -0.25) is 9.79 Å². The average molecular weight is 402 g/mol. The second kappa shape index (κ2) is 12.5. The topological polar surface area (TPSA) is 68.8 Å². The highest BCUT2D eigenvalue weighted by Gasteiger charge is 2.17. The summed E-state index contributed by atoms with van der Waals surface area (Å²) in [5, 5.41) is 9.76. The molecule has 1 aliphatic heterocycles. The van der Waals surface area contributed by atoms with Gasteiger partial charge in [-0.1, -0.05) is 25.5 Å². The number of benzene rings is 1. The summed E-state index contributed by atoms with van der Waals surface area (Å²) in [6, 6.07) is 8.65. The molecule has 0 saturated carbocycles. The van der Waals surface area contributed by atoms with E-state index in [1.54, 1.807) is 7.05 Å². The van der Waals surface area contributed by atoms with E-state index in [9.17, 15) is 4.79 Å². The van der Waals surface area contributed by atoms with Gasteiger partial charge in [-0.2, -0.15) is 0 Å². The van der Waals surface area contributed by atoms with Crippen LogP contribution in [0.3, 0.4) is 0 Å². The second-order valence-electron chi connectivity index (χ2n) is 8.07. The maximum atomic E-state index is 12.3. The molecule has 6 heteroatoms. The number of piperidine rings is 1. The maximum Gasteiger partial charge on any atom is 0.251 e. The van der Waals surface area contributed by atoms with E-state index in [4.69, 9.17) is 0 Å². The summed E-state index contributed by atoms with van der Waals surface area (Å²) < 4.78 is 0. The maximum absolute atomic E-state index is 12.3. The molecular weight excluding hydrogens is 362 g/mol. The first kappa shape index (κ1) is 23.2. The van der Waals surface area contributed by atoms with Crippen LogP contribution in [0, 0.1) is 0 Å². The number of hydrogen-bond acceptors (Lipinski definition) is 3. The largest absolute Gasteiger partial charge is 0.356 e. The highest BCUT2D eigenvalue weighted by atomic mass is 16.1. The van der Waals surface area contributed by atoms with Crippen molar-refractivity contribution in [1.82, 2.24) is 20.9 Å². The molecule has 0 radical (unpaired) electrons. The van der Waals surface area contributed by atoms with E-state index in [0.29, 0.717) is 18.2 Å². The Bertz CT molecular complexity index is 660. The highest BCUT2D eigenvalue weighted by Crippen LogP contribution is 2.16. The lowest BCUT2D eigenvalue weighted by atomic mass is 10.0. The van der Waals surface area contributed by atoms with Crippen molar-refractivity contribution >= 4 is 11.9 Å². The Kier molecular flexibility index (Phi) is 9.98. The van der Waals surface area contributed by atoms with E-state index in [-0.39, 0.29) is 11.9 Å². The number of nitrogens with zero attached hydrogens (tertiary/aromatic N) is 2. The number of rotatable bonds is 9. The molecule has 1 aromatic carbocycles. The first-order chi connectivity index (χ1) is 14.0. The number of aliphatic imine (C=N–C) groups is 1. The molecule has 0 bridgehead atoms.